The van der Waals surface area contributed by atoms with Gasteiger partial charge in [-0.2, -0.15) is 0 Å². The van der Waals surface area contributed by atoms with E-state index in [4.69, 9.17) is 9.47 Å². The normalized spacial score (nSPS) is 13.3. The highest BCUT2D eigenvalue weighted by Gasteiger charge is 2.13. The Morgan fingerprint density at radius 2 is 0.918 bits per heavy atom. The van der Waals surface area contributed by atoms with Gasteiger partial charge in [-0.15, -0.1) is 0 Å². The summed E-state index contributed by atoms with van der Waals surface area (Å²) in [5.74, 6) is -0.224. The van der Waals surface area contributed by atoms with Crippen molar-refractivity contribution in [2.24, 2.45) is 0 Å². The maximum absolute atomic E-state index is 12.2. The van der Waals surface area contributed by atoms with Gasteiger partial charge >= 0.3 is 5.97 Å². The van der Waals surface area contributed by atoms with Crippen molar-refractivity contribution in [3.63, 3.8) is 0 Å². The van der Waals surface area contributed by atoms with Crippen molar-refractivity contribution in [2.75, 3.05) is 19.8 Å². The van der Waals surface area contributed by atoms with Crippen LogP contribution in [0.25, 0.3) is 0 Å². The second kappa shape index (κ2) is 41.7. The first-order valence-electron chi connectivity index (χ1n) is 20.2. The molecular formula is C45H76O4. The number of rotatable bonds is 36. The molecule has 0 saturated heterocycles. The zero-order valence-electron chi connectivity index (χ0n) is 31.9. The van der Waals surface area contributed by atoms with Crippen molar-refractivity contribution < 1.29 is 19.4 Å². The Hall–Kier alpha value is -2.43. The fraction of sp³-hybridized carbons (Fsp3) is 0.667. The van der Waals surface area contributed by atoms with Crippen LogP contribution in [0.5, 0.6) is 0 Å². The van der Waals surface area contributed by atoms with Gasteiger partial charge < -0.3 is 14.6 Å². The number of unbranched alkanes of at least 4 members (excludes halogenated alkanes) is 14. The van der Waals surface area contributed by atoms with Gasteiger partial charge in [0.25, 0.3) is 0 Å². The molecule has 0 bridgehead atoms. The molecule has 0 spiro atoms. The summed E-state index contributed by atoms with van der Waals surface area (Å²) in [5, 5.41) is 9.58. The Morgan fingerprint density at radius 1 is 0.510 bits per heavy atom. The van der Waals surface area contributed by atoms with Gasteiger partial charge in [0.05, 0.1) is 13.2 Å². The number of carbonyl (C=O) groups is 1. The molecule has 0 aromatic heterocycles. The molecule has 0 rings (SSSR count). The van der Waals surface area contributed by atoms with Gasteiger partial charge in [-0.05, 0) is 89.9 Å². The standard InChI is InChI=1S/C45H76O4/c1-3-5-7-9-11-13-15-17-19-21-23-24-26-28-30-32-34-36-38-40-45(47)49-44(42-46)43-48-41-39-37-35-33-31-29-27-25-22-20-18-16-14-12-10-8-6-4-2/h6,8,11-14,17-20,25,27,31,33,44,46H,3-5,7,9-10,15-16,21-24,26,28-30,32,34-43H2,1-2H3/b8-6-,13-11-,14-12-,19-17-,20-18-,27-25-,33-31-. The molecule has 1 atom stereocenters. The van der Waals surface area contributed by atoms with Gasteiger partial charge in [-0.3, -0.25) is 4.79 Å². The number of aliphatic hydroxyl groups is 1. The maximum Gasteiger partial charge on any atom is 0.306 e. The third-order valence-electron chi connectivity index (χ3n) is 8.20. The molecule has 4 nitrogen and oxygen atoms in total. The van der Waals surface area contributed by atoms with E-state index < -0.39 is 6.10 Å². The number of carbonyl (C=O) groups excluding carboxylic acids is 1. The van der Waals surface area contributed by atoms with Crippen LogP contribution in [-0.2, 0) is 14.3 Å². The average Bonchev–Trinajstić information content (AvgIpc) is 3.11. The molecule has 1 N–H and O–H groups in total. The summed E-state index contributed by atoms with van der Waals surface area (Å²) in [7, 11) is 0. The highest BCUT2D eigenvalue weighted by Crippen LogP contribution is 2.12. The van der Waals surface area contributed by atoms with Crippen molar-refractivity contribution in [3.05, 3.63) is 85.1 Å². The van der Waals surface area contributed by atoms with Gasteiger partial charge in [-0.1, -0.05) is 157 Å². The molecule has 280 valence electrons. The molecule has 0 aromatic rings. The second-order valence-corrected chi connectivity index (χ2v) is 13.0. The highest BCUT2D eigenvalue weighted by atomic mass is 16.6. The predicted molar refractivity (Wildman–Crippen MR) is 214 cm³/mol. The molecule has 0 amide bonds. The minimum atomic E-state index is -0.564. The number of hydrogen-bond donors (Lipinski definition) is 1. The predicted octanol–water partition coefficient (Wildman–Crippen LogP) is 13.2. The van der Waals surface area contributed by atoms with E-state index in [1.54, 1.807) is 0 Å². The van der Waals surface area contributed by atoms with E-state index in [0.29, 0.717) is 13.0 Å². The molecular weight excluding hydrogens is 604 g/mol. The molecule has 1 unspecified atom stereocenters. The largest absolute Gasteiger partial charge is 0.457 e. The van der Waals surface area contributed by atoms with Crippen LogP contribution in [0.4, 0.5) is 0 Å². The van der Waals surface area contributed by atoms with E-state index in [1.165, 1.54) is 77.0 Å². The lowest BCUT2D eigenvalue weighted by atomic mass is 10.1. The minimum Gasteiger partial charge on any atom is -0.457 e. The van der Waals surface area contributed by atoms with E-state index in [-0.39, 0.29) is 19.2 Å². The van der Waals surface area contributed by atoms with Crippen LogP contribution in [0.15, 0.2) is 85.1 Å². The number of hydrogen-bond acceptors (Lipinski definition) is 4. The van der Waals surface area contributed by atoms with E-state index in [1.807, 2.05) is 0 Å². The van der Waals surface area contributed by atoms with Crippen LogP contribution in [0.1, 0.15) is 168 Å². The number of ether oxygens (including phenoxy) is 2. The summed E-state index contributed by atoms with van der Waals surface area (Å²) in [5.41, 5.74) is 0. The molecule has 0 fully saturated rings. The van der Waals surface area contributed by atoms with Crippen LogP contribution in [0.3, 0.4) is 0 Å². The van der Waals surface area contributed by atoms with Crippen LogP contribution in [0, 0.1) is 0 Å². The average molecular weight is 681 g/mol. The van der Waals surface area contributed by atoms with Gasteiger partial charge in [-0.25, -0.2) is 0 Å². The molecule has 0 aliphatic heterocycles. The Labute approximate surface area is 303 Å². The molecule has 0 radical (unpaired) electrons. The van der Waals surface area contributed by atoms with Crippen molar-refractivity contribution >= 4 is 5.97 Å². The molecule has 0 aliphatic carbocycles. The SMILES string of the molecule is CC/C=C\C/C=C\C/C=C\C/C=C\C/C=C\CCCCOCC(CO)OC(=O)CCCCCCCCCCC/C=C\C/C=C\CCCCC. The smallest absolute Gasteiger partial charge is 0.306 e. The van der Waals surface area contributed by atoms with Crippen LogP contribution < -0.4 is 0 Å². The summed E-state index contributed by atoms with van der Waals surface area (Å²) in [4.78, 5) is 12.2. The maximum atomic E-state index is 12.2. The zero-order valence-corrected chi connectivity index (χ0v) is 31.9. The lowest BCUT2D eigenvalue weighted by Gasteiger charge is -2.15. The minimum absolute atomic E-state index is 0.196. The summed E-state index contributed by atoms with van der Waals surface area (Å²) >= 11 is 0. The third-order valence-corrected chi connectivity index (χ3v) is 8.20. The van der Waals surface area contributed by atoms with Gasteiger partial charge in [0.1, 0.15) is 6.10 Å². The van der Waals surface area contributed by atoms with Crippen molar-refractivity contribution in [3.8, 4) is 0 Å². The quantitative estimate of drug-likeness (QED) is 0.0406. The molecule has 49 heavy (non-hydrogen) atoms. The van der Waals surface area contributed by atoms with Gasteiger partial charge in [0.2, 0.25) is 0 Å². The van der Waals surface area contributed by atoms with E-state index in [9.17, 15) is 9.90 Å². The first-order valence-corrected chi connectivity index (χ1v) is 20.2. The lowest BCUT2D eigenvalue weighted by molar-refractivity contribution is -0.154. The fourth-order valence-electron chi connectivity index (χ4n) is 5.21. The Morgan fingerprint density at radius 3 is 1.39 bits per heavy atom. The Bertz CT molecular complexity index is 892. The highest BCUT2D eigenvalue weighted by molar-refractivity contribution is 5.69. The zero-order chi connectivity index (χ0) is 35.6. The molecule has 0 aliphatic rings. The Kier molecular flexibility index (Phi) is 39.7. The van der Waals surface area contributed by atoms with Crippen molar-refractivity contribution in [1.82, 2.24) is 0 Å². The van der Waals surface area contributed by atoms with Crippen LogP contribution in [0.2, 0.25) is 0 Å². The summed E-state index contributed by atoms with van der Waals surface area (Å²) in [6.45, 7) is 5.09. The number of allylic oxidation sites excluding steroid dienone is 14. The monoisotopic (exact) mass is 681 g/mol. The topological polar surface area (TPSA) is 55.8 Å². The molecule has 0 aromatic carbocycles. The van der Waals surface area contributed by atoms with E-state index >= 15 is 0 Å². The summed E-state index contributed by atoms with van der Waals surface area (Å²) in [6.07, 6.45) is 57.8. The van der Waals surface area contributed by atoms with Gasteiger partial charge in [0.15, 0.2) is 0 Å². The molecule has 0 heterocycles. The third kappa shape index (κ3) is 39.9. The van der Waals surface area contributed by atoms with Crippen LogP contribution >= 0.6 is 0 Å². The second-order valence-electron chi connectivity index (χ2n) is 13.0. The molecule has 4 heteroatoms. The number of esters is 1. The first-order chi connectivity index (χ1) is 24.2. The Balaban J connectivity index is 3.56. The van der Waals surface area contributed by atoms with E-state index in [0.717, 1.165) is 70.6 Å². The number of aliphatic hydroxyl groups excluding tert-OH is 1. The first kappa shape index (κ1) is 46.6. The fourth-order valence-corrected chi connectivity index (χ4v) is 5.21. The van der Waals surface area contributed by atoms with E-state index in [2.05, 4.69) is 98.9 Å². The van der Waals surface area contributed by atoms with Crippen molar-refractivity contribution in [2.45, 2.75) is 174 Å². The van der Waals surface area contributed by atoms with Gasteiger partial charge in [0, 0.05) is 13.0 Å². The summed E-state index contributed by atoms with van der Waals surface area (Å²) in [6, 6.07) is 0. The lowest BCUT2D eigenvalue weighted by Crippen LogP contribution is -2.27. The summed E-state index contributed by atoms with van der Waals surface area (Å²) < 4.78 is 11.1. The van der Waals surface area contributed by atoms with Crippen LogP contribution in [-0.4, -0.2) is 37.0 Å². The van der Waals surface area contributed by atoms with Crippen molar-refractivity contribution in [1.29, 1.82) is 0 Å². The molecule has 0 saturated carbocycles.